The topological polar surface area (TPSA) is 55.0 Å². The van der Waals surface area contributed by atoms with Crippen LogP contribution in [0.4, 0.5) is 0 Å². The van der Waals surface area contributed by atoms with Gasteiger partial charge in [0.15, 0.2) is 0 Å². The summed E-state index contributed by atoms with van der Waals surface area (Å²) in [5.41, 5.74) is 2.15. The Balaban J connectivity index is 1.59. The first-order valence-electron chi connectivity index (χ1n) is 9.34. The minimum absolute atomic E-state index is 0.425. The van der Waals surface area contributed by atoms with E-state index in [0.29, 0.717) is 5.88 Å². The molecule has 26 heavy (non-hydrogen) atoms. The number of benzene rings is 1. The predicted octanol–water partition coefficient (Wildman–Crippen LogP) is 3.42. The van der Waals surface area contributed by atoms with Crippen LogP contribution < -0.4 is 4.74 Å². The number of fused-ring (bicyclic) bond motifs is 3. The van der Waals surface area contributed by atoms with E-state index in [0.717, 1.165) is 48.9 Å². The summed E-state index contributed by atoms with van der Waals surface area (Å²) in [6.45, 7) is 8.50. The Morgan fingerprint density at radius 2 is 2.19 bits per heavy atom. The monoisotopic (exact) mass is 351 g/mol. The fourth-order valence-electron chi connectivity index (χ4n) is 3.77. The van der Waals surface area contributed by atoms with Crippen LogP contribution in [0.25, 0.3) is 11.0 Å². The summed E-state index contributed by atoms with van der Waals surface area (Å²) in [4.78, 5) is 15.4. The van der Waals surface area contributed by atoms with Gasteiger partial charge in [-0.3, -0.25) is 9.89 Å². The van der Waals surface area contributed by atoms with E-state index < -0.39 is 0 Å². The number of nitrogens with zero attached hydrogens (tertiary/aromatic N) is 5. The van der Waals surface area contributed by atoms with E-state index in [1.807, 2.05) is 25.1 Å². The highest BCUT2D eigenvalue weighted by Gasteiger charge is 2.27. The smallest absolute Gasteiger partial charge is 0.237 e. The second-order valence-electron chi connectivity index (χ2n) is 6.84. The highest BCUT2D eigenvalue weighted by atomic mass is 16.5. The van der Waals surface area contributed by atoms with Crippen molar-refractivity contribution in [1.29, 1.82) is 0 Å². The molecule has 4 rings (SSSR count). The molecular formula is C20H25N5O. The number of hydrogen-bond acceptors (Lipinski definition) is 5. The lowest BCUT2D eigenvalue weighted by molar-refractivity contribution is 0.130. The van der Waals surface area contributed by atoms with E-state index in [1.165, 1.54) is 31.3 Å². The molecule has 6 heteroatoms. The van der Waals surface area contributed by atoms with Gasteiger partial charge in [0.2, 0.25) is 5.88 Å². The number of hydrogen-bond donors (Lipinski definition) is 0. The summed E-state index contributed by atoms with van der Waals surface area (Å²) in [6.07, 6.45) is 8.28. The molecule has 2 aromatic rings. The second-order valence-corrected chi connectivity index (χ2v) is 6.84. The van der Waals surface area contributed by atoms with Crippen molar-refractivity contribution in [3.05, 3.63) is 36.1 Å². The van der Waals surface area contributed by atoms with E-state index in [2.05, 4.69) is 26.2 Å². The lowest BCUT2D eigenvalue weighted by Gasteiger charge is -2.36. The summed E-state index contributed by atoms with van der Waals surface area (Å²) in [5.74, 6) is 2.34. The van der Waals surface area contributed by atoms with Crippen LogP contribution in [-0.2, 0) is 13.0 Å². The molecule has 0 unspecified atom stereocenters. The van der Waals surface area contributed by atoms with Crippen molar-refractivity contribution in [2.45, 2.75) is 45.2 Å². The first-order chi connectivity index (χ1) is 12.8. The first-order valence-corrected chi connectivity index (χ1v) is 9.34. The van der Waals surface area contributed by atoms with Crippen LogP contribution in [0.1, 0.15) is 32.0 Å². The third-order valence-corrected chi connectivity index (χ3v) is 5.30. The molecule has 1 fully saturated rings. The van der Waals surface area contributed by atoms with Crippen LogP contribution in [0.5, 0.6) is 5.75 Å². The zero-order valence-electron chi connectivity index (χ0n) is 15.3. The van der Waals surface area contributed by atoms with Gasteiger partial charge in [0.25, 0.3) is 0 Å². The van der Waals surface area contributed by atoms with Gasteiger partial charge in [0, 0.05) is 44.4 Å². The Labute approximate surface area is 153 Å². The molecule has 0 amide bonds. The molecule has 1 aromatic carbocycles. The quantitative estimate of drug-likeness (QED) is 0.613. The number of aromatic nitrogens is 2. The maximum absolute atomic E-state index is 5.86. The van der Waals surface area contributed by atoms with Crippen LogP contribution in [0, 0.1) is 0 Å². The average molecular weight is 351 g/mol. The van der Waals surface area contributed by atoms with E-state index in [-0.39, 0.29) is 0 Å². The van der Waals surface area contributed by atoms with Gasteiger partial charge in [-0.15, -0.1) is 0 Å². The Bertz CT molecular complexity index is 862. The van der Waals surface area contributed by atoms with Crippen LogP contribution in [0.3, 0.4) is 0 Å². The van der Waals surface area contributed by atoms with Gasteiger partial charge in [-0.2, -0.15) is 0 Å². The highest BCUT2D eigenvalue weighted by Crippen LogP contribution is 2.28. The Hall–Kier alpha value is -2.47. The van der Waals surface area contributed by atoms with E-state index >= 15 is 0 Å². The van der Waals surface area contributed by atoms with Gasteiger partial charge in [0.1, 0.15) is 11.6 Å². The fourth-order valence-corrected chi connectivity index (χ4v) is 3.77. The van der Waals surface area contributed by atoms with Crippen molar-refractivity contribution in [2.24, 2.45) is 9.98 Å². The molecule has 136 valence electrons. The van der Waals surface area contributed by atoms with E-state index in [4.69, 9.17) is 9.72 Å². The Morgan fingerprint density at radius 1 is 1.31 bits per heavy atom. The minimum Gasteiger partial charge on any atom is -0.437 e. The molecule has 1 aliphatic heterocycles. The second kappa shape index (κ2) is 7.41. The van der Waals surface area contributed by atoms with Crippen LogP contribution >= 0.6 is 0 Å². The predicted molar refractivity (Wildman–Crippen MR) is 105 cm³/mol. The third kappa shape index (κ3) is 3.29. The van der Waals surface area contributed by atoms with Crippen LogP contribution in [-0.4, -0.2) is 46.5 Å². The molecule has 0 radical (unpaired) electrons. The molecule has 1 aliphatic carbocycles. The highest BCUT2D eigenvalue weighted by molar-refractivity contribution is 5.78. The minimum atomic E-state index is 0.425. The maximum Gasteiger partial charge on any atom is 0.237 e. The van der Waals surface area contributed by atoms with E-state index in [9.17, 15) is 0 Å². The molecule has 0 atom stereocenters. The van der Waals surface area contributed by atoms with Gasteiger partial charge in [-0.25, -0.2) is 9.98 Å². The third-order valence-electron chi connectivity index (χ3n) is 5.30. The standard InChI is InChI=1S/C20H25N5O/c1-3-22-20(14-21-2)26-16-7-8-17-18(13-16)25-12-11-24(15-5-4-6-15)10-9-19(25)23-17/h3,7-8,13-15H,2,4-6,9-12H2,1H3/b20-14+,22-3-. The van der Waals surface area contributed by atoms with Gasteiger partial charge < -0.3 is 9.30 Å². The van der Waals surface area contributed by atoms with Crippen molar-refractivity contribution in [1.82, 2.24) is 14.5 Å². The lowest BCUT2D eigenvalue weighted by atomic mass is 9.91. The maximum atomic E-state index is 5.86. The molecule has 1 aromatic heterocycles. The first kappa shape index (κ1) is 17.0. The van der Waals surface area contributed by atoms with Gasteiger partial charge in [0.05, 0.1) is 17.2 Å². The molecule has 0 spiro atoms. The summed E-state index contributed by atoms with van der Waals surface area (Å²) in [6, 6.07) is 6.78. The van der Waals surface area contributed by atoms with Crippen molar-refractivity contribution in [3.63, 3.8) is 0 Å². The summed E-state index contributed by atoms with van der Waals surface area (Å²) >= 11 is 0. The van der Waals surface area contributed by atoms with E-state index in [1.54, 1.807) is 6.21 Å². The fraction of sp³-hybridized carbons (Fsp3) is 0.450. The van der Waals surface area contributed by atoms with Crippen LogP contribution in [0.2, 0.25) is 0 Å². The molecule has 0 N–H and O–H groups in total. The molecule has 0 bridgehead atoms. The molecule has 2 heterocycles. The normalized spacial score (nSPS) is 19.3. The number of aliphatic imine (C=N–C) groups is 2. The zero-order chi connectivity index (χ0) is 17.9. The SMILES string of the molecule is C=N/C=C(\N=C/C)Oc1ccc2nc3n(c2c1)CCN(C1CCC1)CC3. The molecule has 2 aliphatic rings. The molecule has 1 saturated carbocycles. The van der Waals surface area contributed by atoms with Crippen molar-refractivity contribution in [2.75, 3.05) is 13.1 Å². The summed E-state index contributed by atoms with van der Waals surface area (Å²) in [5, 5.41) is 0. The largest absolute Gasteiger partial charge is 0.437 e. The van der Waals surface area contributed by atoms with Gasteiger partial charge in [-0.1, -0.05) is 6.42 Å². The average Bonchev–Trinajstić information content (AvgIpc) is 2.80. The summed E-state index contributed by atoms with van der Waals surface area (Å²) < 4.78 is 8.21. The lowest BCUT2D eigenvalue weighted by Crippen LogP contribution is -2.41. The Kier molecular flexibility index (Phi) is 4.84. The van der Waals surface area contributed by atoms with Gasteiger partial charge in [-0.05, 0) is 38.6 Å². The van der Waals surface area contributed by atoms with Gasteiger partial charge >= 0.3 is 0 Å². The zero-order valence-corrected chi connectivity index (χ0v) is 15.3. The summed E-state index contributed by atoms with van der Waals surface area (Å²) in [7, 11) is 0. The molecular weight excluding hydrogens is 326 g/mol. The molecule has 0 saturated heterocycles. The van der Waals surface area contributed by atoms with Crippen molar-refractivity contribution >= 4 is 24.0 Å². The number of ether oxygens (including phenoxy) is 1. The Morgan fingerprint density at radius 3 is 2.92 bits per heavy atom. The van der Waals surface area contributed by atoms with Crippen molar-refractivity contribution < 1.29 is 4.74 Å². The number of rotatable bonds is 5. The number of imidazole rings is 1. The van der Waals surface area contributed by atoms with Crippen LogP contribution in [0.15, 0.2) is 40.3 Å². The van der Waals surface area contributed by atoms with Crippen molar-refractivity contribution in [3.8, 4) is 5.75 Å². The molecule has 6 nitrogen and oxygen atoms in total.